The normalized spacial score (nSPS) is 10.0. The van der Waals surface area contributed by atoms with E-state index in [1.165, 1.54) is 6.26 Å². The number of nitrogen functional groups attached to an aromatic ring is 1. The van der Waals surface area contributed by atoms with Crippen LogP contribution in [0.25, 0.3) is 0 Å². The SMILES string of the molecule is Nc1cccc(C(=O)NCc2ccon2)c1. The summed E-state index contributed by atoms with van der Waals surface area (Å²) in [5.74, 6) is -0.185. The number of nitrogens with one attached hydrogen (secondary N) is 1. The Morgan fingerprint density at radius 1 is 1.44 bits per heavy atom. The number of rotatable bonds is 3. The second-order valence-electron chi connectivity index (χ2n) is 3.30. The molecule has 0 saturated heterocycles. The van der Waals surface area contributed by atoms with Gasteiger partial charge < -0.3 is 15.6 Å². The first-order valence-electron chi connectivity index (χ1n) is 4.79. The van der Waals surface area contributed by atoms with Crippen LogP contribution in [0.1, 0.15) is 16.1 Å². The Morgan fingerprint density at radius 3 is 3.00 bits per heavy atom. The third-order valence-corrected chi connectivity index (χ3v) is 2.07. The summed E-state index contributed by atoms with van der Waals surface area (Å²) in [5, 5.41) is 6.40. The molecule has 1 amide bonds. The van der Waals surface area contributed by atoms with Gasteiger partial charge in [-0.1, -0.05) is 11.2 Å². The molecular formula is C11H11N3O2. The van der Waals surface area contributed by atoms with Crippen LogP contribution >= 0.6 is 0 Å². The molecule has 5 heteroatoms. The van der Waals surface area contributed by atoms with E-state index >= 15 is 0 Å². The lowest BCUT2D eigenvalue weighted by atomic mass is 10.2. The summed E-state index contributed by atoms with van der Waals surface area (Å²) in [5.41, 5.74) is 7.35. The number of benzene rings is 1. The molecule has 0 radical (unpaired) electrons. The van der Waals surface area contributed by atoms with E-state index in [4.69, 9.17) is 5.73 Å². The Labute approximate surface area is 92.2 Å². The highest BCUT2D eigenvalue weighted by molar-refractivity contribution is 5.94. The predicted octanol–water partition coefficient (Wildman–Crippen LogP) is 1.19. The highest BCUT2D eigenvalue weighted by atomic mass is 16.5. The molecule has 0 atom stereocenters. The molecule has 2 rings (SSSR count). The molecule has 1 heterocycles. The van der Waals surface area contributed by atoms with Crippen LogP contribution in [0.2, 0.25) is 0 Å². The van der Waals surface area contributed by atoms with Crippen molar-refractivity contribution in [1.29, 1.82) is 0 Å². The van der Waals surface area contributed by atoms with Crippen LogP contribution in [-0.4, -0.2) is 11.1 Å². The monoisotopic (exact) mass is 217 g/mol. The number of hydrogen-bond acceptors (Lipinski definition) is 4. The zero-order valence-corrected chi connectivity index (χ0v) is 8.51. The summed E-state index contributed by atoms with van der Waals surface area (Å²) < 4.78 is 4.65. The molecule has 5 nitrogen and oxygen atoms in total. The van der Waals surface area contributed by atoms with E-state index < -0.39 is 0 Å². The molecule has 82 valence electrons. The summed E-state index contributed by atoms with van der Waals surface area (Å²) in [7, 11) is 0. The van der Waals surface area contributed by atoms with Gasteiger partial charge in [0, 0.05) is 17.3 Å². The average molecular weight is 217 g/mol. The van der Waals surface area contributed by atoms with Gasteiger partial charge in [0.05, 0.1) is 6.54 Å². The van der Waals surface area contributed by atoms with Gasteiger partial charge in [-0.25, -0.2) is 0 Å². The highest BCUT2D eigenvalue weighted by Gasteiger charge is 2.05. The van der Waals surface area contributed by atoms with Gasteiger partial charge in [0.25, 0.3) is 5.91 Å². The molecular weight excluding hydrogens is 206 g/mol. The van der Waals surface area contributed by atoms with E-state index in [1.807, 2.05) is 0 Å². The van der Waals surface area contributed by atoms with Crippen LogP contribution < -0.4 is 11.1 Å². The standard InChI is InChI=1S/C11H11N3O2/c12-9-3-1-2-8(6-9)11(15)13-7-10-4-5-16-14-10/h1-6H,7,12H2,(H,13,15). The maximum atomic E-state index is 11.7. The van der Waals surface area contributed by atoms with Crippen LogP contribution in [0, 0.1) is 0 Å². The van der Waals surface area contributed by atoms with Crippen molar-refractivity contribution >= 4 is 11.6 Å². The van der Waals surface area contributed by atoms with E-state index in [0.717, 1.165) is 0 Å². The van der Waals surface area contributed by atoms with Crippen molar-refractivity contribution in [3.63, 3.8) is 0 Å². The van der Waals surface area contributed by atoms with Crippen LogP contribution in [0.15, 0.2) is 41.1 Å². The number of nitrogens with zero attached hydrogens (tertiary/aromatic N) is 1. The molecule has 1 aromatic heterocycles. The van der Waals surface area contributed by atoms with Crippen LogP contribution in [0.4, 0.5) is 5.69 Å². The minimum absolute atomic E-state index is 0.185. The number of hydrogen-bond donors (Lipinski definition) is 2. The van der Waals surface area contributed by atoms with E-state index in [9.17, 15) is 4.79 Å². The molecule has 0 unspecified atom stereocenters. The van der Waals surface area contributed by atoms with E-state index in [0.29, 0.717) is 23.5 Å². The molecule has 0 bridgehead atoms. The third kappa shape index (κ3) is 2.38. The fraction of sp³-hybridized carbons (Fsp3) is 0.0909. The van der Waals surface area contributed by atoms with Gasteiger partial charge in [-0.15, -0.1) is 0 Å². The van der Waals surface area contributed by atoms with Crippen molar-refractivity contribution in [2.75, 3.05) is 5.73 Å². The molecule has 2 aromatic rings. The lowest BCUT2D eigenvalue weighted by molar-refractivity contribution is 0.0950. The van der Waals surface area contributed by atoms with Gasteiger partial charge in [-0.05, 0) is 18.2 Å². The number of anilines is 1. The van der Waals surface area contributed by atoms with E-state index in [2.05, 4.69) is 15.0 Å². The molecule has 0 saturated carbocycles. The Bertz CT molecular complexity index is 480. The van der Waals surface area contributed by atoms with Gasteiger partial charge in [-0.3, -0.25) is 4.79 Å². The summed E-state index contributed by atoms with van der Waals surface area (Å²) in [4.78, 5) is 11.7. The molecule has 0 aliphatic rings. The molecule has 0 fully saturated rings. The number of carbonyl (C=O) groups excluding carboxylic acids is 1. The molecule has 0 aliphatic carbocycles. The Morgan fingerprint density at radius 2 is 2.31 bits per heavy atom. The van der Waals surface area contributed by atoms with Crippen molar-refractivity contribution in [1.82, 2.24) is 10.5 Å². The number of carbonyl (C=O) groups is 1. The third-order valence-electron chi connectivity index (χ3n) is 2.07. The molecule has 0 spiro atoms. The van der Waals surface area contributed by atoms with Gasteiger partial charge in [0.1, 0.15) is 12.0 Å². The number of amides is 1. The van der Waals surface area contributed by atoms with Crippen molar-refractivity contribution in [2.45, 2.75) is 6.54 Å². The maximum absolute atomic E-state index is 11.7. The zero-order valence-electron chi connectivity index (χ0n) is 8.51. The van der Waals surface area contributed by atoms with Crippen molar-refractivity contribution < 1.29 is 9.32 Å². The fourth-order valence-corrected chi connectivity index (χ4v) is 1.28. The van der Waals surface area contributed by atoms with Gasteiger partial charge in [0.15, 0.2) is 0 Å². The lowest BCUT2D eigenvalue weighted by Gasteiger charge is -2.03. The van der Waals surface area contributed by atoms with Crippen LogP contribution in [0.5, 0.6) is 0 Å². The predicted molar refractivity (Wildman–Crippen MR) is 58.5 cm³/mol. The maximum Gasteiger partial charge on any atom is 0.251 e. The first kappa shape index (κ1) is 10.2. The lowest BCUT2D eigenvalue weighted by Crippen LogP contribution is -2.22. The van der Waals surface area contributed by atoms with Crippen molar-refractivity contribution in [3.8, 4) is 0 Å². The summed E-state index contributed by atoms with van der Waals surface area (Å²) in [6.45, 7) is 0.337. The van der Waals surface area contributed by atoms with Crippen LogP contribution in [0.3, 0.4) is 0 Å². The number of aromatic nitrogens is 1. The summed E-state index contributed by atoms with van der Waals surface area (Å²) in [6.07, 6.45) is 1.46. The second-order valence-corrected chi connectivity index (χ2v) is 3.30. The van der Waals surface area contributed by atoms with Gasteiger partial charge in [-0.2, -0.15) is 0 Å². The quantitative estimate of drug-likeness (QED) is 0.756. The minimum Gasteiger partial charge on any atom is -0.399 e. The summed E-state index contributed by atoms with van der Waals surface area (Å²) >= 11 is 0. The molecule has 16 heavy (non-hydrogen) atoms. The smallest absolute Gasteiger partial charge is 0.251 e. The first-order chi connectivity index (χ1) is 7.75. The average Bonchev–Trinajstić information content (AvgIpc) is 2.78. The van der Waals surface area contributed by atoms with Crippen molar-refractivity contribution in [2.24, 2.45) is 0 Å². The second kappa shape index (κ2) is 4.48. The first-order valence-corrected chi connectivity index (χ1v) is 4.79. The zero-order chi connectivity index (χ0) is 11.4. The highest BCUT2D eigenvalue weighted by Crippen LogP contribution is 2.06. The largest absolute Gasteiger partial charge is 0.399 e. The van der Waals surface area contributed by atoms with Crippen LogP contribution in [-0.2, 0) is 6.54 Å². The van der Waals surface area contributed by atoms with Crippen molar-refractivity contribution in [3.05, 3.63) is 47.9 Å². The Balaban J connectivity index is 1.98. The Hall–Kier alpha value is -2.30. The fourth-order valence-electron chi connectivity index (χ4n) is 1.28. The number of nitrogens with two attached hydrogens (primary N) is 1. The molecule has 0 aliphatic heterocycles. The summed E-state index contributed by atoms with van der Waals surface area (Å²) in [6, 6.07) is 8.49. The topological polar surface area (TPSA) is 81.2 Å². The minimum atomic E-state index is -0.185. The van der Waals surface area contributed by atoms with E-state index in [1.54, 1.807) is 30.3 Å². The molecule has 1 aromatic carbocycles. The van der Waals surface area contributed by atoms with E-state index in [-0.39, 0.29) is 5.91 Å². The Kier molecular flexibility index (Phi) is 2.86. The molecule has 3 N–H and O–H groups in total. The van der Waals surface area contributed by atoms with Gasteiger partial charge >= 0.3 is 0 Å². The van der Waals surface area contributed by atoms with Gasteiger partial charge in [0.2, 0.25) is 0 Å².